The summed E-state index contributed by atoms with van der Waals surface area (Å²) in [6.45, 7) is 2.04. The number of ether oxygens (including phenoxy) is 1. The third kappa shape index (κ3) is 4.42. The van der Waals surface area contributed by atoms with Gasteiger partial charge in [-0.05, 0) is 19.1 Å². The van der Waals surface area contributed by atoms with Gasteiger partial charge < -0.3 is 9.64 Å². The van der Waals surface area contributed by atoms with E-state index in [1.807, 2.05) is 0 Å². The van der Waals surface area contributed by atoms with E-state index >= 15 is 0 Å². The quantitative estimate of drug-likeness (QED) is 0.456. The largest absolute Gasteiger partial charge is 0.466 e. The number of amides is 1. The van der Waals surface area contributed by atoms with Crippen LogP contribution < -0.4 is 0 Å². The highest BCUT2D eigenvalue weighted by Crippen LogP contribution is 2.28. The maximum absolute atomic E-state index is 12.2. The molecule has 0 N–H and O–H groups in total. The monoisotopic (exact) mass is 314 g/mol. The number of halogens is 1. The molecule has 0 aliphatic heterocycles. The summed E-state index contributed by atoms with van der Waals surface area (Å²) >= 11 is 5.76. The van der Waals surface area contributed by atoms with Gasteiger partial charge in [-0.3, -0.25) is 19.7 Å². The van der Waals surface area contributed by atoms with Crippen LogP contribution >= 0.6 is 11.6 Å². The number of carbonyl (C=O) groups excluding carboxylic acids is 2. The van der Waals surface area contributed by atoms with Crippen LogP contribution in [0.25, 0.3) is 0 Å². The first-order valence-electron chi connectivity index (χ1n) is 6.22. The van der Waals surface area contributed by atoms with Crippen molar-refractivity contribution in [3.63, 3.8) is 0 Å². The summed E-state index contributed by atoms with van der Waals surface area (Å²) in [6, 6.07) is 4.13. The molecular weight excluding hydrogens is 300 g/mol. The van der Waals surface area contributed by atoms with Crippen molar-refractivity contribution in [2.45, 2.75) is 13.3 Å². The molecule has 1 aromatic carbocycles. The van der Waals surface area contributed by atoms with Crippen LogP contribution in [0, 0.1) is 10.1 Å². The molecule has 0 spiro atoms. The van der Waals surface area contributed by atoms with Gasteiger partial charge in [-0.2, -0.15) is 0 Å². The van der Waals surface area contributed by atoms with E-state index < -0.39 is 22.5 Å². The van der Waals surface area contributed by atoms with Gasteiger partial charge in [0.05, 0.1) is 18.0 Å². The Morgan fingerprint density at radius 2 is 2.10 bits per heavy atom. The Balaban J connectivity index is 2.86. The van der Waals surface area contributed by atoms with E-state index in [0.717, 1.165) is 0 Å². The highest BCUT2D eigenvalue weighted by Gasteiger charge is 2.25. The SMILES string of the molecule is CCOC(=O)CCN(C)C(=O)c1cccc(Cl)c1[N+](=O)[O-]. The second-order valence-corrected chi connectivity index (χ2v) is 4.58. The standard InChI is InChI=1S/C13H15ClN2O5/c1-3-21-11(17)7-8-15(2)13(18)9-5-4-6-10(14)12(9)16(19)20/h4-6H,3,7-8H2,1-2H3. The van der Waals surface area contributed by atoms with Crippen molar-refractivity contribution in [1.29, 1.82) is 0 Å². The molecule has 0 atom stereocenters. The average Bonchev–Trinajstić information content (AvgIpc) is 2.43. The first kappa shape index (κ1) is 16.9. The predicted octanol–water partition coefficient (Wildman–Crippen LogP) is 2.27. The Hall–Kier alpha value is -2.15. The molecule has 1 aromatic rings. The van der Waals surface area contributed by atoms with E-state index in [1.54, 1.807) is 6.92 Å². The fourth-order valence-electron chi connectivity index (χ4n) is 1.67. The van der Waals surface area contributed by atoms with Crippen LogP contribution in [0.1, 0.15) is 23.7 Å². The fourth-order valence-corrected chi connectivity index (χ4v) is 1.92. The summed E-state index contributed by atoms with van der Waals surface area (Å²) in [6.07, 6.45) is 0.0183. The van der Waals surface area contributed by atoms with Gasteiger partial charge >= 0.3 is 11.7 Å². The van der Waals surface area contributed by atoms with Gasteiger partial charge in [0.2, 0.25) is 0 Å². The number of nitrogens with zero attached hydrogens (tertiary/aromatic N) is 2. The summed E-state index contributed by atoms with van der Waals surface area (Å²) in [5.74, 6) is -1.01. The zero-order valence-electron chi connectivity index (χ0n) is 11.7. The Morgan fingerprint density at radius 3 is 2.67 bits per heavy atom. The molecule has 0 aromatic heterocycles. The molecule has 0 saturated carbocycles. The van der Waals surface area contributed by atoms with Gasteiger partial charge in [0.15, 0.2) is 0 Å². The minimum absolute atomic E-state index is 0.0183. The molecule has 0 unspecified atom stereocenters. The van der Waals surface area contributed by atoms with Crippen molar-refractivity contribution in [1.82, 2.24) is 4.90 Å². The van der Waals surface area contributed by atoms with Gasteiger partial charge in [0, 0.05) is 13.6 Å². The number of hydrogen-bond donors (Lipinski definition) is 0. The summed E-state index contributed by atoms with van der Waals surface area (Å²) in [5, 5.41) is 10.9. The third-order valence-electron chi connectivity index (χ3n) is 2.70. The molecule has 21 heavy (non-hydrogen) atoms. The number of hydrogen-bond acceptors (Lipinski definition) is 5. The Morgan fingerprint density at radius 1 is 1.43 bits per heavy atom. The van der Waals surface area contributed by atoms with Gasteiger partial charge in [-0.1, -0.05) is 17.7 Å². The lowest BCUT2D eigenvalue weighted by atomic mass is 10.1. The van der Waals surface area contributed by atoms with Crippen LogP contribution in [0.2, 0.25) is 5.02 Å². The Bertz CT molecular complexity index is 561. The van der Waals surface area contributed by atoms with Crippen molar-refractivity contribution in [2.24, 2.45) is 0 Å². The van der Waals surface area contributed by atoms with E-state index in [2.05, 4.69) is 0 Å². The number of esters is 1. The minimum atomic E-state index is -0.700. The van der Waals surface area contributed by atoms with Crippen molar-refractivity contribution in [3.05, 3.63) is 38.9 Å². The lowest BCUT2D eigenvalue weighted by Gasteiger charge is -2.16. The van der Waals surface area contributed by atoms with Gasteiger partial charge in [0.25, 0.3) is 5.91 Å². The number of carbonyl (C=O) groups is 2. The number of nitro groups is 1. The van der Waals surface area contributed by atoms with Crippen molar-refractivity contribution >= 4 is 29.2 Å². The molecule has 0 fully saturated rings. The highest BCUT2D eigenvalue weighted by molar-refractivity contribution is 6.33. The predicted molar refractivity (Wildman–Crippen MR) is 76.3 cm³/mol. The van der Waals surface area contributed by atoms with Crippen LogP contribution in [0.4, 0.5) is 5.69 Å². The van der Waals surface area contributed by atoms with E-state index in [1.165, 1.54) is 30.1 Å². The smallest absolute Gasteiger partial charge is 0.307 e. The molecule has 0 aliphatic carbocycles. The Labute approximate surface area is 126 Å². The Kier molecular flexibility index (Phi) is 6.10. The van der Waals surface area contributed by atoms with Crippen LogP contribution in [-0.2, 0) is 9.53 Å². The molecule has 1 rings (SSSR count). The van der Waals surface area contributed by atoms with Gasteiger partial charge in [-0.25, -0.2) is 0 Å². The number of benzene rings is 1. The summed E-state index contributed by atoms with van der Waals surface area (Å²) in [7, 11) is 1.45. The van der Waals surface area contributed by atoms with Gasteiger partial charge in [0.1, 0.15) is 10.6 Å². The van der Waals surface area contributed by atoms with E-state index in [9.17, 15) is 19.7 Å². The lowest BCUT2D eigenvalue weighted by Crippen LogP contribution is -2.30. The average molecular weight is 315 g/mol. The van der Waals surface area contributed by atoms with Crippen LogP contribution in [0.5, 0.6) is 0 Å². The summed E-state index contributed by atoms with van der Waals surface area (Å²) < 4.78 is 4.75. The first-order valence-corrected chi connectivity index (χ1v) is 6.60. The lowest BCUT2D eigenvalue weighted by molar-refractivity contribution is -0.385. The number of para-hydroxylation sites is 1. The molecule has 0 aliphatic rings. The second kappa shape index (κ2) is 7.58. The fraction of sp³-hybridized carbons (Fsp3) is 0.385. The maximum Gasteiger partial charge on any atom is 0.307 e. The number of nitro benzene ring substituents is 1. The third-order valence-corrected chi connectivity index (χ3v) is 3.01. The van der Waals surface area contributed by atoms with Crippen molar-refractivity contribution in [3.8, 4) is 0 Å². The highest BCUT2D eigenvalue weighted by atomic mass is 35.5. The maximum atomic E-state index is 12.2. The molecule has 114 valence electrons. The van der Waals surface area contributed by atoms with Crippen LogP contribution in [0.3, 0.4) is 0 Å². The summed E-state index contributed by atoms with van der Waals surface area (Å²) in [4.78, 5) is 35.0. The van der Waals surface area contributed by atoms with Gasteiger partial charge in [-0.15, -0.1) is 0 Å². The van der Waals surface area contributed by atoms with Crippen LogP contribution in [0.15, 0.2) is 18.2 Å². The van der Waals surface area contributed by atoms with Crippen molar-refractivity contribution < 1.29 is 19.2 Å². The second-order valence-electron chi connectivity index (χ2n) is 4.17. The molecule has 8 heteroatoms. The molecular formula is C13H15ClN2O5. The molecule has 1 amide bonds. The normalized spacial score (nSPS) is 10.0. The molecule has 0 saturated heterocycles. The van der Waals surface area contributed by atoms with E-state index in [4.69, 9.17) is 16.3 Å². The molecule has 7 nitrogen and oxygen atoms in total. The zero-order valence-corrected chi connectivity index (χ0v) is 12.4. The van der Waals surface area contributed by atoms with Crippen LogP contribution in [-0.4, -0.2) is 41.9 Å². The first-order chi connectivity index (χ1) is 9.88. The molecule has 0 bridgehead atoms. The molecule has 0 heterocycles. The number of rotatable bonds is 6. The zero-order chi connectivity index (χ0) is 16.0. The summed E-state index contributed by atoms with van der Waals surface area (Å²) in [5.41, 5.74) is -0.550. The topological polar surface area (TPSA) is 89.8 Å². The minimum Gasteiger partial charge on any atom is -0.466 e. The van der Waals surface area contributed by atoms with E-state index in [0.29, 0.717) is 0 Å². The molecule has 0 radical (unpaired) electrons. The van der Waals surface area contributed by atoms with Crippen molar-refractivity contribution in [2.75, 3.05) is 20.2 Å². The van der Waals surface area contributed by atoms with E-state index in [-0.39, 0.29) is 30.2 Å².